The number of nitrogens with zero attached hydrogens (tertiary/aromatic N) is 2. The highest BCUT2D eigenvalue weighted by Crippen LogP contribution is 2.25. The topological polar surface area (TPSA) is 74.3 Å². The summed E-state index contributed by atoms with van der Waals surface area (Å²) in [6, 6.07) is 7.79. The van der Waals surface area contributed by atoms with Gasteiger partial charge in [0.15, 0.2) is 0 Å². The van der Waals surface area contributed by atoms with E-state index in [1.54, 1.807) is 11.3 Å². The fourth-order valence-electron chi connectivity index (χ4n) is 3.08. The number of urea groups is 1. The third kappa shape index (κ3) is 5.55. The molecule has 6 nitrogen and oxygen atoms in total. The molecule has 1 aromatic carbocycles. The zero-order valence-electron chi connectivity index (χ0n) is 16.7. The van der Waals surface area contributed by atoms with Crippen molar-refractivity contribution in [1.29, 1.82) is 0 Å². The number of benzene rings is 1. The van der Waals surface area contributed by atoms with Gasteiger partial charge >= 0.3 is 6.03 Å². The Kier molecular flexibility index (Phi) is 6.34. The number of rotatable bonds is 6. The SMILES string of the molecule is CC(C)(C)c1nc(CNC(=O)NCc2cccc(CN3CCCC3=O)c2)cs1. The van der Waals surface area contributed by atoms with Crippen LogP contribution in [0.4, 0.5) is 4.79 Å². The van der Waals surface area contributed by atoms with Crippen molar-refractivity contribution in [3.8, 4) is 0 Å². The summed E-state index contributed by atoms with van der Waals surface area (Å²) in [5.74, 6) is 0.222. The smallest absolute Gasteiger partial charge is 0.315 e. The molecule has 1 fully saturated rings. The van der Waals surface area contributed by atoms with Crippen LogP contribution in [-0.2, 0) is 29.8 Å². The summed E-state index contributed by atoms with van der Waals surface area (Å²) < 4.78 is 0. The van der Waals surface area contributed by atoms with E-state index in [0.717, 1.165) is 34.8 Å². The van der Waals surface area contributed by atoms with Gasteiger partial charge in [-0.05, 0) is 17.5 Å². The van der Waals surface area contributed by atoms with E-state index in [0.29, 0.717) is 26.1 Å². The normalized spacial score (nSPS) is 14.4. The molecule has 1 saturated heterocycles. The minimum Gasteiger partial charge on any atom is -0.338 e. The number of amides is 3. The third-order valence-corrected chi connectivity index (χ3v) is 5.93. The molecule has 0 radical (unpaired) electrons. The largest absolute Gasteiger partial charge is 0.338 e. The average Bonchev–Trinajstić information content (AvgIpc) is 3.28. The van der Waals surface area contributed by atoms with Gasteiger partial charge in [-0.2, -0.15) is 0 Å². The second kappa shape index (κ2) is 8.73. The summed E-state index contributed by atoms with van der Waals surface area (Å²) in [7, 11) is 0. The van der Waals surface area contributed by atoms with E-state index in [4.69, 9.17) is 0 Å². The third-order valence-electron chi connectivity index (χ3n) is 4.61. The molecule has 0 atom stereocenters. The van der Waals surface area contributed by atoms with Crippen LogP contribution in [0.5, 0.6) is 0 Å². The van der Waals surface area contributed by atoms with Crippen molar-refractivity contribution in [1.82, 2.24) is 20.5 Å². The number of carbonyl (C=O) groups excluding carboxylic acids is 2. The van der Waals surface area contributed by atoms with E-state index in [-0.39, 0.29) is 17.4 Å². The molecule has 28 heavy (non-hydrogen) atoms. The molecule has 2 N–H and O–H groups in total. The van der Waals surface area contributed by atoms with Crippen molar-refractivity contribution in [2.75, 3.05) is 6.54 Å². The molecule has 1 aliphatic heterocycles. The van der Waals surface area contributed by atoms with Crippen LogP contribution in [0.25, 0.3) is 0 Å². The van der Waals surface area contributed by atoms with Crippen LogP contribution in [0.3, 0.4) is 0 Å². The summed E-state index contributed by atoms with van der Waals surface area (Å²) in [5.41, 5.74) is 3.01. The van der Waals surface area contributed by atoms with Crippen molar-refractivity contribution in [3.63, 3.8) is 0 Å². The lowest BCUT2D eigenvalue weighted by Crippen LogP contribution is -2.34. The number of thiazole rings is 1. The maximum absolute atomic E-state index is 12.1. The first-order valence-electron chi connectivity index (χ1n) is 9.63. The van der Waals surface area contributed by atoms with Gasteiger partial charge in [0.2, 0.25) is 5.91 Å². The lowest BCUT2D eigenvalue weighted by atomic mass is 9.98. The molecule has 150 valence electrons. The summed E-state index contributed by atoms with van der Waals surface area (Å²) >= 11 is 1.62. The first-order valence-corrected chi connectivity index (χ1v) is 10.5. The summed E-state index contributed by atoms with van der Waals surface area (Å²) in [5, 5.41) is 8.79. The maximum Gasteiger partial charge on any atom is 0.315 e. The van der Waals surface area contributed by atoms with Crippen LogP contribution in [-0.4, -0.2) is 28.4 Å². The molecular weight excluding hydrogens is 372 g/mol. The number of likely N-dealkylation sites (tertiary alicyclic amines) is 1. The predicted molar refractivity (Wildman–Crippen MR) is 111 cm³/mol. The Balaban J connectivity index is 1.46. The average molecular weight is 401 g/mol. The van der Waals surface area contributed by atoms with Crippen LogP contribution < -0.4 is 10.6 Å². The van der Waals surface area contributed by atoms with E-state index in [9.17, 15) is 9.59 Å². The van der Waals surface area contributed by atoms with Gasteiger partial charge in [0.25, 0.3) is 0 Å². The van der Waals surface area contributed by atoms with Crippen LogP contribution in [0.2, 0.25) is 0 Å². The molecule has 0 bridgehead atoms. The number of carbonyl (C=O) groups is 2. The molecule has 2 aromatic rings. The Bertz CT molecular complexity index is 841. The van der Waals surface area contributed by atoms with Crippen LogP contribution in [0.15, 0.2) is 29.6 Å². The zero-order valence-corrected chi connectivity index (χ0v) is 17.6. The Labute approximate surface area is 170 Å². The summed E-state index contributed by atoms with van der Waals surface area (Å²) in [4.78, 5) is 30.4. The maximum atomic E-state index is 12.1. The van der Waals surface area contributed by atoms with Gasteiger partial charge in [0.1, 0.15) is 0 Å². The van der Waals surface area contributed by atoms with Crippen LogP contribution in [0, 0.1) is 0 Å². The number of aromatic nitrogens is 1. The van der Waals surface area contributed by atoms with Crippen molar-refractivity contribution in [2.24, 2.45) is 0 Å². The van der Waals surface area contributed by atoms with Gasteiger partial charge in [-0.25, -0.2) is 9.78 Å². The van der Waals surface area contributed by atoms with Gasteiger partial charge in [-0.3, -0.25) is 4.79 Å². The number of hydrogen-bond donors (Lipinski definition) is 2. The van der Waals surface area contributed by atoms with Crippen molar-refractivity contribution < 1.29 is 9.59 Å². The highest BCUT2D eigenvalue weighted by Gasteiger charge is 2.20. The van der Waals surface area contributed by atoms with E-state index in [1.807, 2.05) is 34.5 Å². The monoisotopic (exact) mass is 400 g/mol. The van der Waals surface area contributed by atoms with Crippen molar-refractivity contribution >= 4 is 23.3 Å². The van der Waals surface area contributed by atoms with E-state index in [1.165, 1.54) is 0 Å². The van der Waals surface area contributed by atoms with Gasteiger partial charge < -0.3 is 15.5 Å². The molecule has 0 spiro atoms. The van der Waals surface area contributed by atoms with Gasteiger partial charge in [0, 0.05) is 36.9 Å². The molecule has 0 saturated carbocycles. The lowest BCUT2D eigenvalue weighted by Gasteiger charge is -2.16. The molecular formula is C21H28N4O2S. The minimum atomic E-state index is -0.217. The molecule has 1 aromatic heterocycles. The highest BCUT2D eigenvalue weighted by molar-refractivity contribution is 7.09. The molecule has 2 heterocycles. The second-order valence-corrected chi connectivity index (χ2v) is 9.03. The van der Waals surface area contributed by atoms with Gasteiger partial charge in [-0.15, -0.1) is 11.3 Å². The lowest BCUT2D eigenvalue weighted by molar-refractivity contribution is -0.128. The van der Waals surface area contributed by atoms with E-state index >= 15 is 0 Å². The molecule has 0 aliphatic carbocycles. The Morgan fingerprint density at radius 2 is 1.96 bits per heavy atom. The van der Waals surface area contributed by atoms with Crippen molar-refractivity contribution in [3.05, 3.63) is 51.5 Å². The number of hydrogen-bond acceptors (Lipinski definition) is 4. The standard InChI is InChI=1S/C21H28N4O2S/c1-21(2,3)19-24-17(14-28-19)12-23-20(27)22-11-15-6-4-7-16(10-15)13-25-9-5-8-18(25)26/h4,6-7,10,14H,5,8-9,11-13H2,1-3H3,(H2,22,23,27). The van der Waals surface area contributed by atoms with Gasteiger partial charge in [-0.1, -0.05) is 45.0 Å². The highest BCUT2D eigenvalue weighted by atomic mass is 32.1. The first kappa shape index (κ1) is 20.3. The fourth-order valence-corrected chi connectivity index (χ4v) is 3.99. The molecule has 0 unspecified atom stereocenters. The summed E-state index contributed by atoms with van der Waals surface area (Å²) in [6.07, 6.45) is 1.59. The summed E-state index contributed by atoms with van der Waals surface area (Å²) in [6.45, 7) is 8.71. The van der Waals surface area contributed by atoms with E-state index in [2.05, 4.69) is 36.4 Å². The Morgan fingerprint density at radius 3 is 2.64 bits per heavy atom. The van der Waals surface area contributed by atoms with Crippen LogP contribution >= 0.6 is 11.3 Å². The Morgan fingerprint density at radius 1 is 1.21 bits per heavy atom. The van der Waals surface area contributed by atoms with Crippen molar-refractivity contribution in [2.45, 2.75) is 58.7 Å². The molecule has 3 rings (SSSR count). The first-order chi connectivity index (χ1) is 13.3. The fraction of sp³-hybridized carbons (Fsp3) is 0.476. The quantitative estimate of drug-likeness (QED) is 0.779. The molecule has 7 heteroatoms. The molecule has 3 amide bonds. The zero-order chi connectivity index (χ0) is 20.1. The predicted octanol–water partition coefficient (Wildman–Crippen LogP) is 3.56. The minimum absolute atomic E-state index is 0.0237. The van der Waals surface area contributed by atoms with Gasteiger partial charge in [0.05, 0.1) is 17.2 Å². The second-order valence-electron chi connectivity index (χ2n) is 8.17. The number of nitrogens with one attached hydrogen (secondary N) is 2. The van der Waals surface area contributed by atoms with E-state index < -0.39 is 0 Å². The Hall–Kier alpha value is -2.41. The van der Waals surface area contributed by atoms with Crippen LogP contribution in [0.1, 0.15) is 55.4 Å². The molecule has 1 aliphatic rings.